The molecule has 0 aromatic rings. The first-order chi connectivity index (χ1) is 6.93. The zero-order chi connectivity index (χ0) is 11.8. The van der Waals surface area contributed by atoms with Crippen molar-refractivity contribution in [2.24, 2.45) is 5.92 Å². The van der Waals surface area contributed by atoms with Gasteiger partial charge in [-0.2, -0.15) is 0 Å². The van der Waals surface area contributed by atoms with E-state index in [-0.39, 0.29) is 42.4 Å². The molecule has 0 aromatic carbocycles. The fourth-order valence-corrected chi connectivity index (χ4v) is 1.12. The van der Waals surface area contributed by atoms with E-state index in [2.05, 4.69) is 5.32 Å². The Hall–Kier alpha value is -0.100. The van der Waals surface area contributed by atoms with Gasteiger partial charge >= 0.3 is 35.5 Å². The number of carboxylic acids is 2. The number of carbonyl (C=O) groups excluding carboxylic acids is 1. The van der Waals surface area contributed by atoms with E-state index in [0.717, 1.165) is 6.42 Å². The van der Waals surface area contributed by atoms with Crippen molar-refractivity contribution >= 4 is 11.9 Å². The molecule has 0 aliphatic rings. The zero-order valence-corrected chi connectivity index (χ0v) is 12.2. The molecule has 0 radical (unpaired) electrons. The number of carbonyl (C=O) groups is 2. The van der Waals surface area contributed by atoms with Crippen molar-refractivity contribution < 1.29 is 49.4 Å². The van der Waals surface area contributed by atoms with E-state index in [1.54, 1.807) is 0 Å². The maximum absolute atomic E-state index is 10.6. The maximum Gasteiger partial charge on any atom is 1.00 e. The van der Waals surface area contributed by atoms with Crippen LogP contribution < -0.4 is 40.0 Å². The summed E-state index contributed by atoms with van der Waals surface area (Å²) in [5.41, 5.74) is 0. The van der Waals surface area contributed by atoms with Gasteiger partial charge in [-0.25, -0.2) is 0 Å². The van der Waals surface area contributed by atoms with Gasteiger partial charge in [0.2, 0.25) is 0 Å². The van der Waals surface area contributed by atoms with Crippen LogP contribution in [0.5, 0.6) is 0 Å². The molecule has 0 aliphatic heterocycles. The predicted molar refractivity (Wildman–Crippen MR) is 53.1 cm³/mol. The average molecular weight is 239 g/mol. The Kier molecular flexibility index (Phi) is 11.5. The quantitative estimate of drug-likeness (QED) is 0.431. The van der Waals surface area contributed by atoms with Gasteiger partial charge in [0.25, 0.3) is 0 Å². The molecule has 0 amide bonds. The van der Waals surface area contributed by atoms with Crippen molar-refractivity contribution in [2.75, 3.05) is 6.54 Å². The fourth-order valence-electron chi connectivity index (χ4n) is 1.12. The molecular weight excluding hydrogens is 221 g/mol. The summed E-state index contributed by atoms with van der Waals surface area (Å²) in [4.78, 5) is 20.9. The van der Waals surface area contributed by atoms with Crippen molar-refractivity contribution in [3.05, 3.63) is 0 Å². The van der Waals surface area contributed by atoms with Crippen LogP contribution in [0.4, 0.5) is 0 Å². The normalized spacial score (nSPS) is 11.9. The summed E-state index contributed by atoms with van der Waals surface area (Å²) in [6, 6.07) is -0.861. The Balaban J connectivity index is 0. The molecule has 0 fully saturated rings. The molecule has 0 aromatic heterocycles. The fraction of sp³-hybridized carbons (Fsp3) is 0.800. The number of hydrogen-bond donors (Lipinski definition) is 2. The molecule has 0 spiro atoms. The van der Waals surface area contributed by atoms with E-state index in [0.29, 0.717) is 12.5 Å². The molecule has 0 heterocycles. The summed E-state index contributed by atoms with van der Waals surface area (Å²) in [5, 5.41) is 21.8. The van der Waals surface area contributed by atoms with Crippen LogP contribution in [-0.2, 0) is 9.59 Å². The first-order valence-corrected chi connectivity index (χ1v) is 5.09. The predicted octanol–water partition coefficient (Wildman–Crippen LogP) is -3.39. The van der Waals surface area contributed by atoms with Gasteiger partial charge in [0.05, 0.1) is 5.97 Å². The van der Waals surface area contributed by atoms with Crippen LogP contribution in [-0.4, -0.2) is 29.6 Å². The van der Waals surface area contributed by atoms with E-state index >= 15 is 0 Å². The van der Waals surface area contributed by atoms with Crippen LogP contribution in [0.1, 0.15) is 33.1 Å². The minimum Gasteiger partial charge on any atom is -0.548 e. The molecule has 0 saturated heterocycles. The number of nitrogens with one attached hydrogen (secondary N) is 1. The van der Waals surface area contributed by atoms with Gasteiger partial charge < -0.3 is 20.3 Å². The van der Waals surface area contributed by atoms with Crippen LogP contribution in [0, 0.1) is 5.92 Å². The van der Waals surface area contributed by atoms with Crippen LogP contribution in [0.3, 0.4) is 0 Å². The molecular formula is C10H18NNaO4. The Morgan fingerprint density at radius 1 is 1.31 bits per heavy atom. The van der Waals surface area contributed by atoms with Crippen molar-refractivity contribution in [3.8, 4) is 0 Å². The summed E-state index contributed by atoms with van der Waals surface area (Å²) < 4.78 is 0. The number of carboxylic acid groups (broad SMARTS) is 2. The second-order valence-electron chi connectivity index (χ2n) is 3.94. The van der Waals surface area contributed by atoms with Crippen molar-refractivity contribution in [3.63, 3.8) is 0 Å². The molecule has 5 nitrogen and oxygen atoms in total. The summed E-state index contributed by atoms with van der Waals surface area (Å²) in [5.74, 6) is -1.74. The SMILES string of the molecule is CC(C)CCN[C@@H](CCC(=O)O)C(=O)[O-].[Na+]. The van der Waals surface area contributed by atoms with E-state index < -0.39 is 18.0 Å². The molecule has 0 saturated carbocycles. The number of rotatable bonds is 8. The number of hydrogen-bond acceptors (Lipinski definition) is 4. The Bertz CT molecular complexity index is 221. The number of aliphatic carboxylic acids is 2. The van der Waals surface area contributed by atoms with Gasteiger partial charge in [0, 0.05) is 12.5 Å². The maximum atomic E-state index is 10.6. The minimum atomic E-state index is -1.24. The van der Waals surface area contributed by atoms with Gasteiger partial charge in [-0.1, -0.05) is 13.8 Å². The molecule has 0 aliphatic carbocycles. The van der Waals surface area contributed by atoms with Crippen LogP contribution in [0.2, 0.25) is 0 Å². The molecule has 1 atom stereocenters. The summed E-state index contributed by atoms with van der Waals surface area (Å²) in [6.07, 6.45) is 0.764. The smallest absolute Gasteiger partial charge is 0.548 e. The van der Waals surface area contributed by atoms with Gasteiger partial charge in [-0.3, -0.25) is 4.79 Å². The average Bonchev–Trinajstić information content (AvgIpc) is 2.09. The second kappa shape index (κ2) is 10.1. The standard InChI is InChI=1S/C10H19NO4.Na/c1-7(2)5-6-11-8(10(14)15)3-4-9(12)13;/h7-8,11H,3-6H2,1-2H3,(H,12,13)(H,14,15);/q;+1/p-1/t8-;/m0./s1. The molecule has 2 N–H and O–H groups in total. The van der Waals surface area contributed by atoms with Gasteiger partial charge in [0.1, 0.15) is 0 Å². The molecule has 88 valence electrons. The van der Waals surface area contributed by atoms with E-state index in [1.165, 1.54) is 0 Å². The zero-order valence-electron chi connectivity index (χ0n) is 10.2. The van der Waals surface area contributed by atoms with Crippen LogP contribution >= 0.6 is 0 Å². The molecule has 0 bridgehead atoms. The van der Waals surface area contributed by atoms with Crippen molar-refractivity contribution in [2.45, 2.75) is 39.2 Å². The Morgan fingerprint density at radius 2 is 1.88 bits per heavy atom. The van der Waals surface area contributed by atoms with Crippen LogP contribution in [0.25, 0.3) is 0 Å². The largest absolute Gasteiger partial charge is 1.00 e. The van der Waals surface area contributed by atoms with Crippen LogP contribution in [0.15, 0.2) is 0 Å². The summed E-state index contributed by atoms with van der Waals surface area (Å²) in [6.45, 7) is 4.63. The van der Waals surface area contributed by atoms with Crippen molar-refractivity contribution in [1.82, 2.24) is 5.32 Å². The van der Waals surface area contributed by atoms with E-state index in [1.807, 2.05) is 13.8 Å². The second-order valence-corrected chi connectivity index (χ2v) is 3.94. The van der Waals surface area contributed by atoms with Gasteiger partial charge in [-0.05, 0) is 25.3 Å². The van der Waals surface area contributed by atoms with Gasteiger partial charge in [-0.15, -0.1) is 0 Å². The molecule has 16 heavy (non-hydrogen) atoms. The van der Waals surface area contributed by atoms with Gasteiger partial charge in [0.15, 0.2) is 0 Å². The summed E-state index contributed by atoms with van der Waals surface area (Å²) >= 11 is 0. The first-order valence-electron chi connectivity index (χ1n) is 5.09. The third-order valence-electron chi connectivity index (χ3n) is 2.04. The van der Waals surface area contributed by atoms with E-state index in [9.17, 15) is 14.7 Å². The third kappa shape index (κ3) is 10.4. The molecule has 6 heteroatoms. The Labute approximate surface area is 118 Å². The molecule has 0 rings (SSSR count). The van der Waals surface area contributed by atoms with E-state index in [4.69, 9.17) is 5.11 Å². The third-order valence-corrected chi connectivity index (χ3v) is 2.04. The molecule has 0 unspecified atom stereocenters. The Morgan fingerprint density at radius 3 is 2.25 bits per heavy atom. The summed E-state index contributed by atoms with van der Waals surface area (Å²) in [7, 11) is 0. The monoisotopic (exact) mass is 239 g/mol. The first kappa shape index (κ1) is 18.3. The minimum absolute atomic E-state index is 0. The topological polar surface area (TPSA) is 89.5 Å². The van der Waals surface area contributed by atoms with Crippen molar-refractivity contribution in [1.29, 1.82) is 0 Å².